The highest BCUT2D eigenvalue weighted by atomic mass is 19.1. The number of carbonyl (C=O) groups is 1. The molecule has 1 atom stereocenters. The second kappa shape index (κ2) is 6.12. The highest BCUT2D eigenvalue weighted by Gasteiger charge is 2.33. The van der Waals surface area contributed by atoms with Crippen LogP contribution in [-0.4, -0.2) is 34.5 Å². The molecule has 3 N–H and O–H groups in total. The zero-order valence-corrected chi connectivity index (χ0v) is 12.6. The van der Waals surface area contributed by atoms with Gasteiger partial charge in [-0.1, -0.05) is 12.1 Å². The molecule has 4 nitrogen and oxygen atoms in total. The molecule has 116 valence electrons. The Morgan fingerprint density at radius 2 is 1.86 bits per heavy atom. The van der Waals surface area contributed by atoms with Crippen molar-refractivity contribution in [3.8, 4) is 0 Å². The number of nitrogens with two attached hydrogens (primary N) is 1. The molecule has 5 heteroatoms. The first-order chi connectivity index (χ1) is 9.79. The van der Waals surface area contributed by atoms with Crippen molar-refractivity contribution in [3.05, 3.63) is 35.6 Å². The normalized spacial score (nSPS) is 18.6. The van der Waals surface area contributed by atoms with Gasteiger partial charge in [0.15, 0.2) is 0 Å². The third kappa shape index (κ3) is 3.80. The van der Waals surface area contributed by atoms with Crippen LogP contribution in [0.15, 0.2) is 24.3 Å². The first-order valence-corrected chi connectivity index (χ1v) is 7.31. The lowest BCUT2D eigenvalue weighted by molar-refractivity contribution is -0.137. The van der Waals surface area contributed by atoms with E-state index >= 15 is 0 Å². The monoisotopic (exact) mass is 294 g/mol. The SMILES string of the molecule is CC(C)(N)C(=O)N1CCC(C(O)c2ccc(F)cc2)CC1. The number of halogens is 1. The Labute approximate surface area is 124 Å². The van der Waals surface area contributed by atoms with E-state index < -0.39 is 11.6 Å². The molecule has 1 aromatic carbocycles. The molecule has 2 rings (SSSR count). The van der Waals surface area contributed by atoms with Gasteiger partial charge in [-0.2, -0.15) is 0 Å². The highest BCUT2D eigenvalue weighted by Crippen LogP contribution is 2.31. The van der Waals surface area contributed by atoms with Crippen molar-refractivity contribution in [2.75, 3.05) is 13.1 Å². The minimum absolute atomic E-state index is 0.0581. The lowest BCUT2D eigenvalue weighted by atomic mass is 9.87. The number of aliphatic hydroxyl groups excluding tert-OH is 1. The van der Waals surface area contributed by atoms with Gasteiger partial charge in [-0.15, -0.1) is 0 Å². The summed E-state index contributed by atoms with van der Waals surface area (Å²) in [7, 11) is 0. The minimum atomic E-state index is -0.859. The molecule has 1 heterocycles. The number of hydrogen-bond donors (Lipinski definition) is 2. The van der Waals surface area contributed by atoms with Crippen LogP contribution in [0.2, 0.25) is 0 Å². The topological polar surface area (TPSA) is 66.6 Å². The molecule has 21 heavy (non-hydrogen) atoms. The molecule has 1 aliphatic heterocycles. The highest BCUT2D eigenvalue weighted by molar-refractivity contribution is 5.85. The number of rotatable bonds is 3. The van der Waals surface area contributed by atoms with Crippen molar-refractivity contribution >= 4 is 5.91 Å². The smallest absolute Gasteiger partial charge is 0.242 e. The second-order valence-corrected chi connectivity index (χ2v) is 6.35. The van der Waals surface area contributed by atoms with Crippen LogP contribution in [0, 0.1) is 11.7 Å². The van der Waals surface area contributed by atoms with E-state index in [1.807, 2.05) is 0 Å². The van der Waals surface area contributed by atoms with Crippen LogP contribution >= 0.6 is 0 Å². The Morgan fingerprint density at radius 3 is 2.33 bits per heavy atom. The average Bonchev–Trinajstić information content (AvgIpc) is 2.46. The Morgan fingerprint density at radius 1 is 1.33 bits per heavy atom. The van der Waals surface area contributed by atoms with E-state index in [0.717, 1.165) is 18.4 Å². The van der Waals surface area contributed by atoms with Gasteiger partial charge in [-0.25, -0.2) is 4.39 Å². The maximum absolute atomic E-state index is 12.9. The number of amides is 1. The summed E-state index contributed by atoms with van der Waals surface area (Å²) in [5.74, 6) is -0.283. The van der Waals surface area contributed by atoms with Gasteiger partial charge >= 0.3 is 0 Å². The van der Waals surface area contributed by atoms with E-state index in [2.05, 4.69) is 0 Å². The van der Waals surface area contributed by atoms with E-state index in [-0.39, 0.29) is 17.6 Å². The van der Waals surface area contributed by atoms with E-state index in [1.165, 1.54) is 12.1 Å². The van der Waals surface area contributed by atoms with Gasteiger partial charge in [0.05, 0.1) is 11.6 Å². The number of benzene rings is 1. The van der Waals surface area contributed by atoms with Crippen molar-refractivity contribution in [1.29, 1.82) is 0 Å². The van der Waals surface area contributed by atoms with Crippen molar-refractivity contribution in [2.45, 2.75) is 38.3 Å². The number of nitrogens with zero attached hydrogens (tertiary/aromatic N) is 1. The van der Waals surface area contributed by atoms with E-state index in [9.17, 15) is 14.3 Å². The third-order valence-electron chi connectivity index (χ3n) is 4.04. The molecule has 1 unspecified atom stereocenters. The van der Waals surface area contributed by atoms with Crippen molar-refractivity contribution in [1.82, 2.24) is 4.90 Å². The van der Waals surface area contributed by atoms with Gasteiger partial charge in [-0.05, 0) is 50.3 Å². The summed E-state index contributed by atoms with van der Waals surface area (Å²) in [5, 5.41) is 10.4. The molecule has 0 saturated carbocycles. The fourth-order valence-corrected chi connectivity index (χ4v) is 2.76. The van der Waals surface area contributed by atoms with Crippen molar-refractivity contribution in [3.63, 3.8) is 0 Å². The molecule has 0 aliphatic carbocycles. The van der Waals surface area contributed by atoms with Crippen LogP contribution in [0.25, 0.3) is 0 Å². The molecular weight excluding hydrogens is 271 g/mol. The maximum Gasteiger partial charge on any atom is 0.242 e. The summed E-state index contributed by atoms with van der Waals surface area (Å²) in [4.78, 5) is 13.9. The van der Waals surface area contributed by atoms with Crippen molar-refractivity contribution < 1.29 is 14.3 Å². The fourth-order valence-electron chi connectivity index (χ4n) is 2.76. The maximum atomic E-state index is 12.9. The molecule has 1 aromatic rings. The van der Waals surface area contributed by atoms with E-state index in [0.29, 0.717) is 13.1 Å². The lowest BCUT2D eigenvalue weighted by Crippen LogP contribution is -2.53. The summed E-state index contributed by atoms with van der Waals surface area (Å²) in [5.41, 5.74) is 5.70. The molecule has 0 radical (unpaired) electrons. The van der Waals surface area contributed by atoms with Gasteiger partial charge in [0.2, 0.25) is 5.91 Å². The summed E-state index contributed by atoms with van der Waals surface area (Å²) in [6.45, 7) is 4.61. The Balaban J connectivity index is 1.94. The number of carbonyl (C=O) groups excluding carboxylic acids is 1. The molecule has 0 bridgehead atoms. The predicted molar refractivity (Wildman–Crippen MR) is 78.9 cm³/mol. The standard InChI is InChI=1S/C16H23FN2O2/c1-16(2,18)15(21)19-9-7-12(8-10-19)14(20)11-3-5-13(17)6-4-11/h3-6,12,14,20H,7-10,18H2,1-2H3. The molecule has 1 amide bonds. The first kappa shape index (κ1) is 15.9. The summed E-state index contributed by atoms with van der Waals surface area (Å²) < 4.78 is 12.9. The van der Waals surface area contributed by atoms with E-state index in [4.69, 9.17) is 5.73 Å². The first-order valence-electron chi connectivity index (χ1n) is 7.31. The van der Waals surface area contributed by atoms with Gasteiger partial charge < -0.3 is 15.7 Å². The minimum Gasteiger partial charge on any atom is -0.388 e. The number of aliphatic hydroxyl groups is 1. The number of likely N-dealkylation sites (tertiary alicyclic amines) is 1. The number of hydrogen-bond acceptors (Lipinski definition) is 3. The van der Waals surface area contributed by atoms with Crippen LogP contribution < -0.4 is 5.73 Å². The second-order valence-electron chi connectivity index (χ2n) is 6.35. The largest absolute Gasteiger partial charge is 0.388 e. The Bertz CT molecular complexity index is 488. The van der Waals surface area contributed by atoms with Gasteiger partial charge in [0, 0.05) is 13.1 Å². The van der Waals surface area contributed by atoms with Crippen LogP contribution in [0.4, 0.5) is 4.39 Å². The predicted octanol–water partition coefficient (Wildman–Crippen LogP) is 1.83. The van der Waals surface area contributed by atoms with Gasteiger partial charge in [0.25, 0.3) is 0 Å². The molecular formula is C16H23FN2O2. The van der Waals surface area contributed by atoms with E-state index in [1.54, 1.807) is 30.9 Å². The quantitative estimate of drug-likeness (QED) is 0.894. The molecule has 1 aliphatic rings. The molecule has 1 saturated heterocycles. The van der Waals surface area contributed by atoms with Crippen LogP contribution in [0.1, 0.15) is 38.4 Å². The summed E-state index contributed by atoms with van der Waals surface area (Å²) in [6, 6.07) is 5.93. The zero-order valence-electron chi connectivity index (χ0n) is 12.6. The fraction of sp³-hybridized carbons (Fsp3) is 0.562. The lowest BCUT2D eigenvalue weighted by Gasteiger charge is -2.37. The zero-order chi connectivity index (χ0) is 15.6. The van der Waals surface area contributed by atoms with Gasteiger partial charge in [0.1, 0.15) is 5.82 Å². The van der Waals surface area contributed by atoms with Crippen molar-refractivity contribution in [2.24, 2.45) is 11.7 Å². The molecule has 0 spiro atoms. The summed E-state index contributed by atoms with van der Waals surface area (Å²) in [6.07, 6.45) is 0.828. The summed E-state index contributed by atoms with van der Waals surface area (Å²) >= 11 is 0. The van der Waals surface area contributed by atoms with Crippen LogP contribution in [0.3, 0.4) is 0 Å². The average molecular weight is 294 g/mol. The number of piperidine rings is 1. The van der Waals surface area contributed by atoms with Gasteiger partial charge in [-0.3, -0.25) is 4.79 Å². The molecule has 1 fully saturated rings. The Kier molecular flexibility index (Phi) is 4.64. The van der Waals surface area contributed by atoms with Crippen LogP contribution in [-0.2, 0) is 4.79 Å². The van der Waals surface area contributed by atoms with Crippen LogP contribution in [0.5, 0.6) is 0 Å². The third-order valence-corrected chi connectivity index (χ3v) is 4.04. The molecule has 0 aromatic heterocycles. The Hall–Kier alpha value is -1.46.